The molecule has 0 aliphatic carbocycles. The van der Waals surface area contributed by atoms with Crippen LogP contribution in [0.25, 0.3) is 0 Å². The van der Waals surface area contributed by atoms with Crippen molar-refractivity contribution in [1.82, 2.24) is 4.90 Å². The molecule has 130 valence electrons. The van der Waals surface area contributed by atoms with Crippen LogP contribution in [0.2, 0.25) is 0 Å². The molecule has 0 unspecified atom stereocenters. The molecule has 2 aliphatic heterocycles. The average Bonchev–Trinajstić information content (AvgIpc) is 2.61. The van der Waals surface area contributed by atoms with Crippen LogP contribution in [-0.2, 0) is 19.1 Å². The van der Waals surface area contributed by atoms with E-state index in [1.165, 1.54) is 0 Å². The van der Waals surface area contributed by atoms with Crippen molar-refractivity contribution < 1.29 is 24.2 Å². The van der Waals surface area contributed by atoms with Crippen LogP contribution in [0.4, 0.5) is 0 Å². The van der Waals surface area contributed by atoms with Gasteiger partial charge in [-0.25, -0.2) is 0 Å². The van der Waals surface area contributed by atoms with Crippen LogP contribution < -0.4 is 0 Å². The first-order chi connectivity index (χ1) is 11.6. The van der Waals surface area contributed by atoms with Gasteiger partial charge in [-0.15, -0.1) is 0 Å². The zero-order chi connectivity index (χ0) is 16.9. The highest BCUT2D eigenvalue weighted by atomic mass is 16.5. The predicted molar refractivity (Wildman–Crippen MR) is 86.4 cm³/mol. The Morgan fingerprint density at radius 3 is 2.71 bits per heavy atom. The quantitative estimate of drug-likeness (QED) is 0.910. The van der Waals surface area contributed by atoms with Crippen molar-refractivity contribution in [3.05, 3.63) is 35.9 Å². The smallest absolute Gasteiger partial charge is 0.306 e. The topological polar surface area (TPSA) is 76.1 Å². The van der Waals surface area contributed by atoms with Crippen molar-refractivity contribution in [2.45, 2.75) is 31.5 Å². The van der Waals surface area contributed by atoms with Gasteiger partial charge in [-0.2, -0.15) is 0 Å². The van der Waals surface area contributed by atoms with Crippen LogP contribution in [0, 0.1) is 5.92 Å². The molecular formula is C18H23NO5. The second-order valence-corrected chi connectivity index (χ2v) is 6.33. The summed E-state index contributed by atoms with van der Waals surface area (Å²) in [6, 6.07) is 9.83. The standard InChI is InChI=1S/C18H23NO5/c20-16(21)11-14-12-19(8-10-23-14)18(22)15-7-4-9-24-17(15)13-5-2-1-3-6-13/h1-3,5-6,14-15,17H,4,7-12H2,(H,20,21)/t14-,15+,17-/m1/s1. The number of aliphatic carboxylic acids is 1. The summed E-state index contributed by atoms with van der Waals surface area (Å²) < 4.78 is 11.4. The number of carbonyl (C=O) groups excluding carboxylic acids is 1. The maximum Gasteiger partial charge on any atom is 0.306 e. The number of hydrogen-bond acceptors (Lipinski definition) is 4. The third kappa shape index (κ3) is 3.94. The van der Waals surface area contributed by atoms with Crippen molar-refractivity contribution in [2.24, 2.45) is 5.92 Å². The molecule has 3 atom stereocenters. The maximum absolute atomic E-state index is 13.0. The van der Waals surface area contributed by atoms with E-state index in [9.17, 15) is 9.59 Å². The van der Waals surface area contributed by atoms with E-state index in [1.807, 2.05) is 30.3 Å². The highest BCUT2D eigenvalue weighted by Gasteiger charge is 2.37. The first-order valence-electron chi connectivity index (χ1n) is 8.44. The summed E-state index contributed by atoms with van der Waals surface area (Å²) >= 11 is 0. The summed E-state index contributed by atoms with van der Waals surface area (Å²) in [5.41, 5.74) is 1.02. The molecular weight excluding hydrogens is 310 g/mol. The van der Waals surface area contributed by atoms with E-state index < -0.39 is 12.1 Å². The lowest BCUT2D eigenvalue weighted by Gasteiger charge is -2.38. The maximum atomic E-state index is 13.0. The zero-order valence-electron chi connectivity index (χ0n) is 13.6. The van der Waals surface area contributed by atoms with Crippen LogP contribution in [0.3, 0.4) is 0 Å². The highest BCUT2D eigenvalue weighted by molar-refractivity contribution is 5.80. The zero-order valence-corrected chi connectivity index (χ0v) is 13.6. The fraction of sp³-hybridized carbons (Fsp3) is 0.556. The fourth-order valence-corrected chi connectivity index (χ4v) is 3.48. The number of benzene rings is 1. The van der Waals surface area contributed by atoms with E-state index >= 15 is 0 Å². The van der Waals surface area contributed by atoms with Crippen LogP contribution in [0.1, 0.15) is 30.9 Å². The average molecular weight is 333 g/mol. The van der Waals surface area contributed by atoms with Gasteiger partial charge in [-0.05, 0) is 18.4 Å². The largest absolute Gasteiger partial charge is 0.481 e. The van der Waals surface area contributed by atoms with Crippen LogP contribution in [0.5, 0.6) is 0 Å². The van der Waals surface area contributed by atoms with E-state index in [0.717, 1.165) is 18.4 Å². The normalized spacial score (nSPS) is 27.7. The van der Waals surface area contributed by atoms with Crippen LogP contribution >= 0.6 is 0 Å². The number of carboxylic acids is 1. The predicted octanol–water partition coefficient (Wildman–Crippen LogP) is 1.86. The van der Waals surface area contributed by atoms with Gasteiger partial charge in [0.1, 0.15) is 0 Å². The molecule has 6 nitrogen and oxygen atoms in total. The first-order valence-corrected chi connectivity index (χ1v) is 8.44. The highest BCUT2D eigenvalue weighted by Crippen LogP contribution is 2.35. The number of morpholine rings is 1. The Bertz CT molecular complexity index is 576. The molecule has 1 amide bonds. The Balaban J connectivity index is 1.71. The molecule has 0 saturated carbocycles. The SMILES string of the molecule is O=C(O)C[C@@H]1CN(C(=O)[C@H]2CCCO[C@@H]2c2ccccc2)CCO1. The molecule has 1 aromatic rings. The van der Waals surface area contributed by atoms with Gasteiger partial charge >= 0.3 is 5.97 Å². The molecule has 1 aromatic carbocycles. The van der Waals surface area contributed by atoms with E-state index in [1.54, 1.807) is 4.90 Å². The van der Waals surface area contributed by atoms with Gasteiger partial charge in [-0.3, -0.25) is 9.59 Å². The van der Waals surface area contributed by atoms with Crippen LogP contribution in [0.15, 0.2) is 30.3 Å². The molecule has 2 fully saturated rings. The van der Waals surface area contributed by atoms with Gasteiger partial charge in [0.2, 0.25) is 5.91 Å². The number of ether oxygens (including phenoxy) is 2. The Morgan fingerprint density at radius 1 is 1.17 bits per heavy atom. The summed E-state index contributed by atoms with van der Waals surface area (Å²) in [4.78, 5) is 25.6. The lowest BCUT2D eigenvalue weighted by Crippen LogP contribution is -2.49. The summed E-state index contributed by atoms with van der Waals surface area (Å²) in [6.45, 7) is 1.89. The summed E-state index contributed by atoms with van der Waals surface area (Å²) in [7, 11) is 0. The molecule has 2 saturated heterocycles. The van der Waals surface area contributed by atoms with Gasteiger partial charge in [-0.1, -0.05) is 30.3 Å². The number of nitrogens with zero attached hydrogens (tertiary/aromatic N) is 1. The Morgan fingerprint density at radius 2 is 1.96 bits per heavy atom. The molecule has 2 heterocycles. The molecule has 0 aromatic heterocycles. The molecule has 0 bridgehead atoms. The minimum absolute atomic E-state index is 0.0437. The lowest BCUT2D eigenvalue weighted by molar-refractivity contribution is -0.156. The monoisotopic (exact) mass is 333 g/mol. The molecule has 1 N–H and O–H groups in total. The van der Waals surface area contributed by atoms with Crippen molar-refractivity contribution >= 4 is 11.9 Å². The number of hydrogen-bond donors (Lipinski definition) is 1. The van der Waals surface area contributed by atoms with Crippen molar-refractivity contribution in [3.63, 3.8) is 0 Å². The Labute approximate surface area is 141 Å². The molecule has 0 radical (unpaired) electrons. The second-order valence-electron chi connectivity index (χ2n) is 6.33. The Kier molecular flexibility index (Phi) is 5.48. The minimum Gasteiger partial charge on any atom is -0.481 e. The number of carboxylic acid groups (broad SMARTS) is 1. The van der Waals surface area contributed by atoms with Crippen molar-refractivity contribution in [1.29, 1.82) is 0 Å². The summed E-state index contributed by atoms with van der Waals surface area (Å²) in [6.07, 6.45) is 0.919. The number of rotatable bonds is 4. The third-order valence-corrected chi connectivity index (χ3v) is 4.62. The van der Waals surface area contributed by atoms with E-state index in [-0.39, 0.29) is 24.3 Å². The van der Waals surface area contributed by atoms with Gasteiger partial charge in [0.05, 0.1) is 31.2 Å². The molecule has 6 heteroatoms. The van der Waals surface area contributed by atoms with E-state index in [2.05, 4.69) is 0 Å². The Hall–Kier alpha value is -1.92. The molecule has 0 spiro atoms. The van der Waals surface area contributed by atoms with Gasteiger partial charge in [0.25, 0.3) is 0 Å². The van der Waals surface area contributed by atoms with Crippen LogP contribution in [-0.4, -0.2) is 54.3 Å². The fourth-order valence-electron chi connectivity index (χ4n) is 3.48. The molecule has 24 heavy (non-hydrogen) atoms. The lowest BCUT2D eigenvalue weighted by atomic mass is 9.88. The molecule has 2 aliphatic rings. The number of carbonyl (C=O) groups is 2. The van der Waals surface area contributed by atoms with Crippen molar-refractivity contribution in [2.75, 3.05) is 26.3 Å². The van der Waals surface area contributed by atoms with E-state index in [0.29, 0.717) is 26.3 Å². The molecule has 3 rings (SSSR count). The van der Waals surface area contributed by atoms with Gasteiger partial charge < -0.3 is 19.5 Å². The van der Waals surface area contributed by atoms with Gasteiger partial charge in [0, 0.05) is 19.7 Å². The second kappa shape index (κ2) is 7.77. The minimum atomic E-state index is -0.905. The van der Waals surface area contributed by atoms with Crippen molar-refractivity contribution in [3.8, 4) is 0 Å². The first kappa shape index (κ1) is 16.9. The summed E-state index contributed by atoms with van der Waals surface area (Å²) in [5, 5.41) is 8.93. The third-order valence-electron chi connectivity index (χ3n) is 4.62. The van der Waals surface area contributed by atoms with E-state index in [4.69, 9.17) is 14.6 Å². The number of amides is 1. The van der Waals surface area contributed by atoms with Gasteiger partial charge in [0.15, 0.2) is 0 Å². The summed E-state index contributed by atoms with van der Waals surface area (Å²) in [5.74, 6) is -1.08.